The van der Waals surface area contributed by atoms with E-state index >= 15 is 0 Å². The van der Waals surface area contributed by atoms with E-state index in [4.69, 9.17) is 0 Å². The predicted molar refractivity (Wildman–Crippen MR) is 66.8 cm³/mol. The van der Waals surface area contributed by atoms with E-state index in [-0.39, 0.29) is 6.04 Å². The van der Waals surface area contributed by atoms with Crippen LogP contribution in [-0.4, -0.2) is 23.3 Å². The van der Waals surface area contributed by atoms with Gasteiger partial charge in [-0.1, -0.05) is 18.9 Å². The lowest BCUT2D eigenvalue weighted by Crippen LogP contribution is -2.46. The number of amides is 2. The Hall–Kier alpha value is -1.62. The van der Waals surface area contributed by atoms with E-state index in [1.807, 2.05) is 0 Å². The van der Waals surface area contributed by atoms with Crippen LogP contribution in [0.4, 0.5) is 14.9 Å². The first-order valence-corrected chi connectivity index (χ1v) is 6.16. The van der Waals surface area contributed by atoms with Crippen molar-refractivity contribution in [3.05, 3.63) is 30.1 Å². The van der Waals surface area contributed by atoms with Crippen molar-refractivity contribution in [2.45, 2.75) is 37.8 Å². The topological polar surface area (TPSA) is 61.4 Å². The van der Waals surface area contributed by atoms with Gasteiger partial charge in [0.15, 0.2) is 0 Å². The van der Waals surface area contributed by atoms with Gasteiger partial charge >= 0.3 is 6.03 Å². The molecule has 1 aromatic carbocycles. The Balaban J connectivity index is 1.88. The smallest absolute Gasteiger partial charge is 0.319 e. The van der Waals surface area contributed by atoms with E-state index in [1.54, 1.807) is 6.07 Å². The van der Waals surface area contributed by atoms with Crippen molar-refractivity contribution in [2.24, 2.45) is 0 Å². The number of carbonyl (C=O) groups is 1. The number of aliphatic hydroxyl groups is 1. The molecule has 0 saturated heterocycles. The minimum Gasteiger partial charge on any atom is -0.391 e. The third-order valence-corrected chi connectivity index (χ3v) is 3.13. The summed E-state index contributed by atoms with van der Waals surface area (Å²) >= 11 is 0. The second-order valence-corrected chi connectivity index (χ2v) is 4.57. The SMILES string of the molecule is O=C(Nc1cccc(F)c1)N[C@@H]1CCCC[C@H]1O. The van der Waals surface area contributed by atoms with Gasteiger partial charge in [-0.05, 0) is 31.0 Å². The van der Waals surface area contributed by atoms with Crippen LogP contribution in [0, 0.1) is 5.82 Å². The highest BCUT2D eigenvalue weighted by molar-refractivity contribution is 5.89. The van der Waals surface area contributed by atoms with Crippen molar-refractivity contribution in [1.29, 1.82) is 0 Å². The highest BCUT2D eigenvalue weighted by Crippen LogP contribution is 2.18. The van der Waals surface area contributed by atoms with Crippen LogP contribution < -0.4 is 10.6 Å². The second-order valence-electron chi connectivity index (χ2n) is 4.57. The molecule has 0 radical (unpaired) electrons. The Bertz CT molecular complexity index is 425. The van der Waals surface area contributed by atoms with Gasteiger partial charge in [0.2, 0.25) is 0 Å². The molecule has 0 bridgehead atoms. The van der Waals surface area contributed by atoms with E-state index in [2.05, 4.69) is 10.6 Å². The van der Waals surface area contributed by atoms with Gasteiger partial charge in [0.1, 0.15) is 5.82 Å². The van der Waals surface area contributed by atoms with Crippen LogP contribution in [0.2, 0.25) is 0 Å². The highest BCUT2D eigenvalue weighted by atomic mass is 19.1. The molecular weight excluding hydrogens is 235 g/mol. The molecule has 1 aliphatic rings. The molecule has 0 spiro atoms. The van der Waals surface area contributed by atoms with Crippen molar-refractivity contribution in [2.75, 3.05) is 5.32 Å². The lowest BCUT2D eigenvalue weighted by atomic mass is 9.93. The summed E-state index contributed by atoms with van der Waals surface area (Å²) in [6, 6.07) is 5.07. The number of carbonyl (C=O) groups excluding carboxylic acids is 1. The average molecular weight is 252 g/mol. The first-order chi connectivity index (χ1) is 8.65. The van der Waals surface area contributed by atoms with Gasteiger partial charge in [-0.2, -0.15) is 0 Å². The minimum atomic E-state index is -0.489. The maximum atomic E-state index is 12.9. The molecule has 1 aliphatic carbocycles. The fraction of sp³-hybridized carbons (Fsp3) is 0.462. The van der Waals surface area contributed by atoms with E-state index in [0.717, 1.165) is 19.3 Å². The second kappa shape index (κ2) is 5.82. The summed E-state index contributed by atoms with van der Waals surface area (Å²) in [5.41, 5.74) is 0.401. The predicted octanol–water partition coefficient (Wildman–Crippen LogP) is 2.25. The van der Waals surface area contributed by atoms with Gasteiger partial charge in [-0.15, -0.1) is 0 Å². The molecule has 18 heavy (non-hydrogen) atoms. The molecule has 4 nitrogen and oxygen atoms in total. The third-order valence-electron chi connectivity index (χ3n) is 3.13. The molecule has 5 heteroatoms. The van der Waals surface area contributed by atoms with Crippen molar-refractivity contribution in [1.82, 2.24) is 5.32 Å². The van der Waals surface area contributed by atoms with Crippen molar-refractivity contribution < 1.29 is 14.3 Å². The summed E-state index contributed by atoms with van der Waals surface area (Å²) in [4.78, 5) is 11.7. The maximum Gasteiger partial charge on any atom is 0.319 e. The number of nitrogens with one attached hydrogen (secondary N) is 2. The fourth-order valence-electron chi connectivity index (χ4n) is 2.18. The lowest BCUT2D eigenvalue weighted by Gasteiger charge is -2.28. The Morgan fingerprint density at radius 1 is 1.33 bits per heavy atom. The van der Waals surface area contributed by atoms with Crippen LogP contribution in [-0.2, 0) is 0 Å². The van der Waals surface area contributed by atoms with Gasteiger partial charge in [0, 0.05) is 5.69 Å². The molecule has 0 aliphatic heterocycles. The normalized spacial score (nSPS) is 23.4. The zero-order chi connectivity index (χ0) is 13.0. The molecule has 2 amide bonds. The van der Waals surface area contributed by atoms with E-state index in [0.29, 0.717) is 12.1 Å². The van der Waals surface area contributed by atoms with Crippen LogP contribution in [0.25, 0.3) is 0 Å². The maximum absolute atomic E-state index is 12.9. The number of hydrogen-bond acceptors (Lipinski definition) is 2. The average Bonchev–Trinajstić information content (AvgIpc) is 2.32. The molecule has 0 unspecified atom stereocenters. The van der Waals surface area contributed by atoms with E-state index < -0.39 is 18.0 Å². The molecule has 3 N–H and O–H groups in total. The molecule has 2 atom stereocenters. The van der Waals surface area contributed by atoms with Gasteiger partial charge in [0.05, 0.1) is 12.1 Å². The molecule has 1 aromatic rings. The van der Waals surface area contributed by atoms with Gasteiger partial charge in [0.25, 0.3) is 0 Å². The summed E-state index contributed by atoms with van der Waals surface area (Å²) in [7, 11) is 0. The Kier molecular flexibility index (Phi) is 4.15. The Morgan fingerprint density at radius 3 is 2.83 bits per heavy atom. The number of halogens is 1. The molecular formula is C13H17FN2O2. The number of benzene rings is 1. The molecule has 2 rings (SSSR count). The first kappa shape index (κ1) is 12.8. The van der Waals surface area contributed by atoms with Gasteiger partial charge < -0.3 is 15.7 Å². The Labute approximate surface area is 105 Å². The zero-order valence-electron chi connectivity index (χ0n) is 10.0. The lowest BCUT2D eigenvalue weighted by molar-refractivity contribution is 0.0955. The third kappa shape index (κ3) is 3.43. The van der Waals surface area contributed by atoms with Crippen molar-refractivity contribution in [3.8, 4) is 0 Å². The largest absolute Gasteiger partial charge is 0.391 e. The number of urea groups is 1. The van der Waals surface area contributed by atoms with E-state index in [1.165, 1.54) is 18.2 Å². The van der Waals surface area contributed by atoms with Crippen molar-refractivity contribution in [3.63, 3.8) is 0 Å². The van der Waals surface area contributed by atoms with Gasteiger partial charge in [-0.25, -0.2) is 9.18 Å². The summed E-state index contributed by atoms with van der Waals surface area (Å²) < 4.78 is 12.9. The first-order valence-electron chi connectivity index (χ1n) is 6.16. The highest BCUT2D eigenvalue weighted by Gasteiger charge is 2.24. The van der Waals surface area contributed by atoms with Crippen molar-refractivity contribution >= 4 is 11.7 Å². The number of rotatable bonds is 2. The monoisotopic (exact) mass is 252 g/mol. The van der Waals surface area contributed by atoms with Crippen LogP contribution in [0.3, 0.4) is 0 Å². The standard InChI is InChI=1S/C13H17FN2O2/c14-9-4-3-5-10(8-9)15-13(18)16-11-6-1-2-7-12(11)17/h3-5,8,11-12,17H,1-2,6-7H2,(H2,15,16,18)/t11-,12-/m1/s1. The number of aliphatic hydroxyl groups excluding tert-OH is 1. The molecule has 0 heterocycles. The number of hydrogen-bond donors (Lipinski definition) is 3. The van der Waals surface area contributed by atoms with Crippen LogP contribution in [0.5, 0.6) is 0 Å². The molecule has 1 saturated carbocycles. The van der Waals surface area contributed by atoms with Gasteiger partial charge in [-0.3, -0.25) is 0 Å². The fourth-order valence-corrected chi connectivity index (χ4v) is 2.18. The van der Waals surface area contributed by atoms with E-state index in [9.17, 15) is 14.3 Å². The summed E-state index contributed by atoms with van der Waals surface area (Å²) in [6.45, 7) is 0. The summed E-state index contributed by atoms with van der Waals surface area (Å²) in [5.74, 6) is -0.398. The number of anilines is 1. The zero-order valence-corrected chi connectivity index (χ0v) is 10.0. The summed E-state index contributed by atoms with van der Waals surface area (Å²) in [5, 5.41) is 15.0. The minimum absolute atomic E-state index is 0.215. The molecule has 1 fully saturated rings. The van der Waals surface area contributed by atoms with Crippen LogP contribution in [0.1, 0.15) is 25.7 Å². The van der Waals surface area contributed by atoms with Crippen LogP contribution >= 0.6 is 0 Å². The molecule has 98 valence electrons. The quantitative estimate of drug-likeness (QED) is 0.756. The summed E-state index contributed by atoms with van der Waals surface area (Å²) in [6.07, 6.45) is 2.99. The van der Waals surface area contributed by atoms with Crippen LogP contribution in [0.15, 0.2) is 24.3 Å². The Morgan fingerprint density at radius 2 is 2.11 bits per heavy atom. The molecule has 0 aromatic heterocycles.